The number of carbonyl (C=O) groups excluding carboxylic acids is 1. The van der Waals surface area contributed by atoms with Crippen LogP contribution in [0.3, 0.4) is 0 Å². The van der Waals surface area contributed by atoms with Crippen LogP contribution >= 0.6 is 12.4 Å². The highest BCUT2D eigenvalue weighted by atomic mass is 35.5. The first-order chi connectivity index (χ1) is 8.95. The van der Waals surface area contributed by atoms with Gasteiger partial charge in [0.15, 0.2) is 0 Å². The molecule has 0 saturated heterocycles. The molecule has 0 aliphatic rings. The van der Waals surface area contributed by atoms with E-state index in [1.807, 2.05) is 20.0 Å². The minimum atomic E-state index is -0.446. The van der Waals surface area contributed by atoms with E-state index < -0.39 is 6.04 Å². The quantitative estimate of drug-likeness (QED) is 0.808. The van der Waals surface area contributed by atoms with Crippen molar-refractivity contribution < 1.29 is 4.79 Å². The lowest BCUT2D eigenvalue weighted by Gasteiger charge is -2.18. The number of nitrogens with one attached hydrogen (secondary N) is 1. The third kappa shape index (κ3) is 5.51. The van der Waals surface area contributed by atoms with Crippen molar-refractivity contribution in [3.8, 4) is 0 Å². The normalized spacial score (nSPS) is 13.7. The van der Waals surface area contributed by atoms with Crippen LogP contribution < -0.4 is 11.1 Å². The molecular weight excluding hydrogens is 276 g/mol. The van der Waals surface area contributed by atoms with E-state index in [4.69, 9.17) is 5.73 Å². The Morgan fingerprint density at radius 1 is 1.45 bits per heavy atom. The molecule has 0 aliphatic carbocycles. The first kappa shape index (κ1) is 18.9. The minimum absolute atomic E-state index is 0. The molecule has 6 heteroatoms. The van der Waals surface area contributed by atoms with Gasteiger partial charge >= 0.3 is 0 Å². The smallest absolute Gasteiger partial charge is 0.237 e. The number of nitrogens with two attached hydrogens (primary N) is 1. The molecule has 0 radical (unpaired) electrons. The second-order valence-corrected chi connectivity index (χ2v) is 5.52. The topological polar surface area (TPSA) is 72.9 Å². The van der Waals surface area contributed by atoms with Gasteiger partial charge in [-0.3, -0.25) is 4.79 Å². The summed E-state index contributed by atoms with van der Waals surface area (Å²) in [5, 5.41) is 2.87. The molecule has 0 aliphatic heterocycles. The summed E-state index contributed by atoms with van der Waals surface area (Å²) in [6.07, 6.45) is 4.60. The first-order valence-corrected chi connectivity index (χ1v) is 6.99. The number of hydrogen-bond acceptors (Lipinski definition) is 3. The van der Waals surface area contributed by atoms with Crippen LogP contribution in [0, 0.1) is 11.8 Å². The summed E-state index contributed by atoms with van der Waals surface area (Å²) in [4.78, 5) is 16.2. The lowest BCUT2D eigenvalue weighted by atomic mass is 9.99. The SMILES string of the molecule is CCC(C)C(N)C(=O)NCc1nccn1CC(C)C.Cl. The number of nitrogens with zero attached hydrogens (tertiary/aromatic N) is 2. The Labute approximate surface area is 127 Å². The zero-order chi connectivity index (χ0) is 14.4. The Hall–Kier alpha value is -1.07. The first-order valence-electron chi connectivity index (χ1n) is 6.99. The van der Waals surface area contributed by atoms with E-state index in [0.717, 1.165) is 18.8 Å². The van der Waals surface area contributed by atoms with E-state index in [9.17, 15) is 4.79 Å². The summed E-state index contributed by atoms with van der Waals surface area (Å²) in [5.74, 6) is 1.51. The third-order valence-corrected chi connectivity index (χ3v) is 3.34. The van der Waals surface area contributed by atoms with Gasteiger partial charge in [0.2, 0.25) is 5.91 Å². The molecule has 1 aromatic heterocycles. The van der Waals surface area contributed by atoms with Crippen LogP contribution in [0.25, 0.3) is 0 Å². The van der Waals surface area contributed by atoms with E-state index >= 15 is 0 Å². The second kappa shape index (κ2) is 8.97. The number of carbonyl (C=O) groups is 1. The summed E-state index contributed by atoms with van der Waals surface area (Å²) < 4.78 is 2.07. The van der Waals surface area contributed by atoms with E-state index in [1.54, 1.807) is 6.20 Å². The van der Waals surface area contributed by atoms with Crippen LogP contribution in [0.5, 0.6) is 0 Å². The number of halogens is 1. The largest absolute Gasteiger partial charge is 0.348 e. The fourth-order valence-corrected chi connectivity index (χ4v) is 1.86. The lowest BCUT2D eigenvalue weighted by molar-refractivity contribution is -0.123. The second-order valence-electron chi connectivity index (χ2n) is 5.52. The van der Waals surface area contributed by atoms with E-state index in [0.29, 0.717) is 12.5 Å². The number of amides is 1. The number of hydrogen-bond donors (Lipinski definition) is 2. The van der Waals surface area contributed by atoms with Crippen molar-refractivity contribution in [2.45, 2.75) is 53.2 Å². The van der Waals surface area contributed by atoms with Gasteiger partial charge < -0.3 is 15.6 Å². The van der Waals surface area contributed by atoms with Gasteiger partial charge in [-0.15, -0.1) is 12.4 Å². The van der Waals surface area contributed by atoms with E-state index in [2.05, 4.69) is 28.7 Å². The van der Waals surface area contributed by atoms with Crippen LogP contribution in [0.4, 0.5) is 0 Å². The summed E-state index contributed by atoms with van der Waals surface area (Å²) in [7, 11) is 0. The van der Waals surface area contributed by atoms with Crippen LogP contribution in [0.1, 0.15) is 39.9 Å². The standard InChI is InChI=1S/C14H26N4O.ClH/c1-5-11(4)13(15)14(19)17-8-12-16-6-7-18(12)9-10(2)3;/h6-7,10-11,13H,5,8-9,15H2,1-4H3,(H,17,19);1H. The van der Waals surface area contributed by atoms with Crippen molar-refractivity contribution >= 4 is 18.3 Å². The van der Waals surface area contributed by atoms with E-state index in [1.165, 1.54) is 0 Å². The third-order valence-electron chi connectivity index (χ3n) is 3.34. The van der Waals surface area contributed by atoms with Crippen LogP contribution in [-0.4, -0.2) is 21.5 Å². The van der Waals surface area contributed by atoms with Crippen LogP contribution in [-0.2, 0) is 17.9 Å². The average molecular weight is 303 g/mol. The number of aromatic nitrogens is 2. The van der Waals surface area contributed by atoms with Crippen molar-refractivity contribution in [2.75, 3.05) is 0 Å². The zero-order valence-corrected chi connectivity index (χ0v) is 13.6. The molecule has 1 heterocycles. The summed E-state index contributed by atoms with van der Waals surface area (Å²) in [5.41, 5.74) is 5.89. The molecule has 3 N–H and O–H groups in total. The maximum absolute atomic E-state index is 11.9. The molecule has 1 rings (SSSR count). The van der Waals surface area contributed by atoms with Crippen molar-refractivity contribution in [3.05, 3.63) is 18.2 Å². The molecule has 1 aromatic rings. The highest BCUT2D eigenvalue weighted by Gasteiger charge is 2.19. The van der Waals surface area contributed by atoms with E-state index in [-0.39, 0.29) is 24.2 Å². The predicted molar refractivity (Wildman–Crippen MR) is 83.6 cm³/mol. The van der Waals surface area contributed by atoms with Gasteiger partial charge in [0.1, 0.15) is 5.82 Å². The molecule has 2 unspecified atom stereocenters. The summed E-state index contributed by atoms with van der Waals surface area (Å²) in [6, 6.07) is -0.446. The van der Waals surface area contributed by atoms with Gasteiger partial charge in [-0.2, -0.15) is 0 Å². The zero-order valence-electron chi connectivity index (χ0n) is 12.8. The van der Waals surface area contributed by atoms with Gasteiger partial charge in [0.25, 0.3) is 0 Å². The Bertz CT molecular complexity index is 406. The maximum atomic E-state index is 11.9. The molecule has 116 valence electrons. The number of imidazole rings is 1. The van der Waals surface area contributed by atoms with Gasteiger partial charge in [-0.05, 0) is 11.8 Å². The van der Waals surface area contributed by atoms with Gasteiger partial charge in [-0.25, -0.2) is 4.98 Å². The molecule has 20 heavy (non-hydrogen) atoms. The highest BCUT2D eigenvalue weighted by molar-refractivity contribution is 5.85. The van der Waals surface area contributed by atoms with Crippen LogP contribution in [0.2, 0.25) is 0 Å². The Morgan fingerprint density at radius 2 is 2.10 bits per heavy atom. The Morgan fingerprint density at radius 3 is 2.65 bits per heavy atom. The molecule has 2 atom stereocenters. The van der Waals surface area contributed by atoms with Gasteiger partial charge in [0, 0.05) is 18.9 Å². The number of rotatable bonds is 7. The summed E-state index contributed by atoms with van der Waals surface area (Å²) >= 11 is 0. The maximum Gasteiger partial charge on any atom is 0.237 e. The molecule has 0 spiro atoms. The van der Waals surface area contributed by atoms with Crippen molar-refractivity contribution in [2.24, 2.45) is 17.6 Å². The molecule has 0 bridgehead atoms. The van der Waals surface area contributed by atoms with Crippen molar-refractivity contribution in [1.82, 2.24) is 14.9 Å². The van der Waals surface area contributed by atoms with Gasteiger partial charge in [-0.1, -0.05) is 34.1 Å². The van der Waals surface area contributed by atoms with Crippen LogP contribution in [0.15, 0.2) is 12.4 Å². The minimum Gasteiger partial charge on any atom is -0.348 e. The Kier molecular flexibility index (Phi) is 8.49. The van der Waals surface area contributed by atoms with Crippen molar-refractivity contribution in [1.29, 1.82) is 0 Å². The van der Waals surface area contributed by atoms with Gasteiger partial charge in [0.05, 0.1) is 12.6 Å². The fraction of sp³-hybridized carbons (Fsp3) is 0.714. The summed E-state index contributed by atoms with van der Waals surface area (Å²) in [6.45, 7) is 9.67. The average Bonchev–Trinajstić information content (AvgIpc) is 2.80. The molecular formula is C14H27ClN4O. The molecule has 0 aromatic carbocycles. The molecule has 1 amide bonds. The lowest BCUT2D eigenvalue weighted by Crippen LogP contribution is -2.44. The molecule has 0 saturated carbocycles. The monoisotopic (exact) mass is 302 g/mol. The molecule has 5 nitrogen and oxygen atoms in total. The highest BCUT2D eigenvalue weighted by Crippen LogP contribution is 2.06. The molecule has 0 fully saturated rings. The Balaban J connectivity index is 0.00000361. The fourth-order valence-electron chi connectivity index (χ4n) is 1.86. The predicted octanol–water partition coefficient (Wildman–Crippen LogP) is 1.95. The van der Waals surface area contributed by atoms with Crippen molar-refractivity contribution in [3.63, 3.8) is 0 Å².